The minimum absolute atomic E-state index is 0.114. The van der Waals surface area contributed by atoms with E-state index >= 15 is 0 Å². The molecule has 17 heavy (non-hydrogen) atoms. The smallest absolute Gasteiger partial charge is 0.165 e. The minimum Gasteiger partial charge on any atom is -0.494 e. The zero-order chi connectivity index (χ0) is 12.8. The Bertz CT molecular complexity index is 391. The zero-order valence-corrected chi connectivity index (χ0v) is 10.5. The SMILES string of the molecule is COc1ccc(CC(=O)CCN(C)C)cc1F. The molecule has 0 heterocycles. The molecule has 0 amide bonds. The quantitative estimate of drug-likeness (QED) is 0.759. The molecular formula is C13H18FNO2. The maximum Gasteiger partial charge on any atom is 0.165 e. The molecular weight excluding hydrogens is 221 g/mol. The number of carbonyl (C=O) groups excluding carboxylic acids is 1. The van der Waals surface area contributed by atoms with Crippen LogP contribution in [0.5, 0.6) is 5.75 Å². The predicted molar refractivity (Wildman–Crippen MR) is 64.8 cm³/mol. The van der Waals surface area contributed by atoms with Crippen molar-refractivity contribution in [2.45, 2.75) is 12.8 Å². The van der Waals surface area contributed by atoms with Gasteiger partial charge in [0.15, 0.2) is 11.6 Å². The fraction of sp³-hybridized carbons (Fsp3) is 0.462. The summed E-state index contributed by atoms with van der Waals surface area (Å²) in [5, 5.41) is 0. The molecule has 1 rings (SSSR count). The fourth-order valence-electron chi connectivity index (χ4n) is 1.48. The fourth-order valence-corrected chi connectivity index (χ4v) is 1.48. The van der Waals surface area contributed by atoms with Crippen LogP contribution in [-0.2, 0) is 11.2 Å². The molecule has 0 saturated heterocycles. The van der Waals surface area contributed by atoms with Crippen molar-refractivity contribution < 1.29 is 13.9 Å². The van der Waals surface area contributed by atoms with Crippen LogP contribution in [0.25, 0.3) is 0 Å². The molecule has 0 atom stereocenters. The number of carbonyl (C=O) groups is 1. The van der Waals surface area contributed by atoms with E-state index in [1.807, 2.05) is 19.0 Å². The predicted octanol–water partition coefficient (Wildman–Crippen LogP) is 1.90. The molecule has 0 spiro atoms. The van der Waals surface area contributed by atoms with Gasteiger partial charge < -0.3 is 9.64 Å². The molecule has 0 fully saturated rings. The first-order valence-corrected chi connectivity index (χ1v) is 5.51. The highest BCUT2D eigenvalue weighted by Gasteiger charge is 2.08. The second kappa shape index (κ2) is 6.35. The molecule has 0 N–H and O–H groups in total. The van der Waals surface area contributed by atoms with Gasteiger partial charge in [-0.25, -0.2) is 4.39 Å². The van der Waals surface area contributed by atoms with Gasteiger partial charge in [0.25, 0.3) is 0 Å². The van der Waals surface area contributed by atoms with E-state index in [9.17, 15) is 9.18 Å². The molecule has 0 bridgehead atoms. The van der Waals surface area contributed by atoms with Gasteiger partial charge in [-0.3, -0.25) is 4.79 Å². The number of benzene rings is 1. The number of Topliss-reactive ketones (excluding diaryl/α,β-unsaturated/α-hetero) is 1. The Kier molecular flexibility index (Phi) is 5.10. The van der Waals surface area contributed by atoms with Crippen molar-refractivity contribution in [1.82, 2.24) is 4.90 Å². The Balaban J connectivity index is 2.57. The second-order valence-electron chi connectivity index (χ2n) is 4.24. The van der Waals surface area contributed by atoms with Gasteiger partial charge in [-0.1, -0.05) is 6.07 Å². The molecule has 0 aliphatic heterocycles. The average molecular weight is 239 g/mol. The standard InChI is InChI=1S/C13H18FNO2/c1-15(2)7-6-11(16)8-10-4-5-13(17-3)12(14)9-10/h4-5,9H,6-8H2,1-3H3. The third-order valence-electron chi connectivity index (χ3n) is 2.46. The summed E-state index contributed by atoms with van der Waals surface area (Å²) in [6, 6.07) is 4.62. The van der Waals surface area contributed by atoms with Crippen molar-refractivity contribution in [3.8, 4) is 5.75 Å². The van der Waals surface area contributed by atoms with Crippen LogP contribution in [0.3, 0.4) is 0 Å². The molecule has 0 unspecified atom stereocenters. The van der Waals surface area contributed by atoms with Gasteiger partial charge in [0.05, 0.1) is 7.11 Å². The molecule has 1 aromatic rings. The van der Waals surface area contributed by atoms with Crippen LogP contribution in [-0.4, -0.2) is 38.4 Å². The van der Waals surface area contributed by atoms with Crippen LogP contribution in [0.15, 0.2) is 18.2 Å². The van der Waals surface area contributed by atoms with E-state index in [1.54, 1.807) is 12.1 Å². The van der Waals surface area contributed by atoms with Crippen LogP contribution >= 0.6 is 0 Å². The number of ketones is 1. The number of nitrogens with zero attached hydrogens (tertiary/aromatic N) is 1. The zero-order valence-electron chi connectivity index (χ0n) is 10.5. The number of methoxy groups -OCH3 is 1. The molecule has 0 aliphatic carbocycles. The Morgan fingerprint density at radius 3 is 2.65 bits per heavy atom. The van der Waals surface area contributed by atoms with Gasteiger partial charge in [0.2, 0.25) is 0 Å². The first-order chi connectivity index (χ1) is 8.02. The maximum absolute atomic E-state index is 13.4. The highest BCUT2D eigenvalue weighted by Crippen LogP contribution is 2.18. The molecule has 0 saturated carbocycles. The van der Waals surface area contributed by atoms with Crippen LogP contribution in [0.2, 0.25) is 0 Å². The van der Waals surface area contributed by atoms with Crippen LogP contribution in [0.4, 0.5) is 4.39 Å². The van der Waals surface area contributed by atoms with E-state index < -0.39 is 5.82 Å². The van der Waals surface area contributed by atoms with E-state index in [0.29, 0.717) is 12.0 Å². The molecule has 3 nitrogen and oxygen atoms in total. The third-order valence-corrected chi connectivity index (χ3v) is 2.46. The van der Waals surface area contributed by atoms with Crippen LogP contribution < -0.4 is 4.74 Å². The van der Waals surface area contributed by atoms with Gasteiger partial charge >= 0.3 is 0 Å². The highest BCUT2D eigenvalue weighted by molar-refractivity contribution is 5.81. The molecule has 0 radical (unpaired) electrons. The number of halogens is 1. The van der Waals surface area contributed by atoms with Gasteiger partial charge in [0, 0.05) is 19.4 Å². The number of hydrogen-bond donors (Lipinski definition) is 0. The van der Waals surface area contributed by atoms with Crippen LogP contribution in [0, 0.1) is 5.82 Å². The van der Waals surface area contributed by atoms with Crippen molar-refractivity contribution >= 4 is 5.78 Å². The highest BCUT2D eigenvalue weighted by atomic mass is 19.1. The summed E-state index contributed by atoms with van der Waals surface area (Å²) >= 11 is 0. The monoisotopic (exact) mass is 239 g/mol. The molecule has 94 valence electrons. The number of ether oxygens (including phenoxy) is 1. The van der Waals surface area contributed by atoms with E-state index in [2.05, 4.69) is 0 Å². The summed E-state index contributed by atoms with van der Waals surface area (Å²) < 4.78 is 18.2. The lowest BCUT2D eigenvalue weighted by Crippen LogP contribution is -2.17. The van der Waals surface area contributed by atoms with E-state index in [4.69, 9.17) is 4.74 Å². The van der Waals surface area contributed by atoms with E-state index in [1.165, 1.54) is 13.2 Å². The third kappa shape index (κ3) is 4.53. The topological polar surface area (TPSA) is 29.5 Å². The van der Waals surface area contributed by atoms with E-state index in [0.717, 1.165) is 6.54 Å². The van der Waals surface area contributed by atoms with Crippen molar-refractivity contribution in [3.05, 3.63) is 29.6 Å². The minimum atomic E-state index is -0.426. The summed E-state index contributed by atoms with van der Waals surface area (Å²) in [4.78, 5) is 13.6. The van der Waals surface area contributed by atoms with E-state index in [-0.39, 0.29) is 18.0 Å². The van der Waals surface area contributed by atoms with Crippen molar-refractivity contribution in [1.29, 1.82) is 0 Å². The molecule has 0 aliphatic rings. The first-order valence-electron chi connectivity index (χ1n) is 5.51. The van der Waals surface area contributed by atoms with Gasteiger partial charge in [-0.15, -0.1) is 0 Å². The Morgan fingerprint density at radius 2 is 2.12 bits per heavy atom. The van der Waals surface area contributed by atoms with Crippen molar-refractivity contribution in [2.24, 2.45) is 0 Å². The lowest BCUT2D eigenvalue weighted by atomic mass is 10.1. The van der Waals surface area contributed by atoms with Gasteiger partial charge in [-0.05, 0) is 31.8 Å². The second-order valence-corrected chi connectivity index (χ2v) is 4.24. The first kappa shape index (κ1) is 13.6. The summed E-state index contributed by atoms with van der Waals surface area (Å²) in [6.45, 7) is 0.720. The number of hydrogen-bond acceptors (Lipinski definition) is 3. The average Bonchev–Trinajstić information content (AvgIpc) is 2.26. The summed E-state index contributed by atoms with van der Waals surface area (Å²) in [5.74, 6) is -0.108. The van der Waals surface area contributed by atoms with Crippen molar-refractivity contribution in [3.63, 3.8) is 0 Å². The normalized spacial score (nSPS) is 10.6. The van der Waals surface area contributed by atoms with Gasteiger partial charge in [0.1, 0.15) is 5.78 Å². The maximum atomic E-state index is 13.4. The largest absolute Gasteiger partial charge is 0.494 e. The van der Waals surface area contributed by atoms with Gasteiger partial charge in [-0.2, -0.15) is 0 Å². The lowest BCUT2D eigenvalue weighted by Gasteiger charge is -2.08. The summed E-state index contributed by atoms with van der Waals surface area (Å²) in [6.07, 6.45) is 0.759. The summed E-state index contributed by atoms with van der Waals surface area (Å²) in [7, 11) is 5.25. The summed E-state index contributed by atoms with van der Waals surface area (Å²) in [5.41, 5.74) is 0.687. The molecule has 4 heteroatoms. The molecule has 1 aromatic carbocycles. The Hall–Kier alpha value is -1.42. The molecule has 0 aromatic heterocycles. The van der Waals surface area contributed by atoms with Crippen molar-refractivity contribution in [2.75, 3.05) is 27.7 Å². The Labute approximate surface area is 101 Å². The number of rotatable bonds is 6. The Morgan fingerprint density at radius 1 is 1.41 bits per heavy atom. The lowest BCUT2D eigenvalue weighted by molar-refractivity contribution is -0.118. The van der Waals surface area contributed by atoms with Crippen LogP contribution in [0.1, 0.15) is 12.0 Å².